The van der Waals surface area contributed by atoms with E-state index in [1.54, 1.807) is 4.90 Å². The molecule has 2 aliphatic heterocycles. The number of likely N-dealkylation sites (N-methyl/N-ethyl adjacent to an activating group) is 1. The standard InChI is InChI=1S/C35H40ClN7O2/c1-5-30(44)43-19-18-42(21-24(43)20-37-2)33-25-13-17-41(28-11-7-9-23-8-6-10-26(36)31(23)28)22-27(25)38-34(39-33)45-29-12-14-35(15-16-35)32(29)40(3)4/h5-11,24,29,32H,1,12-22H2,3-4H3/t24?,29-,32+/m1/s1. The van der Waals surface area contributed by atoms with Crippen LogP contribution in [0, 0.1) is 12.0 Å². The first-order valence-electron chi connectivity index (χ1n) is 16.0. The molecule has 45 heavy (non-hydrogen) atoms. The molecule has 2 saturated carbocycles. The number of fused-ring (bicyclic) bond motifs is 2. The number of rotatable bonds is 7. The third kappa shape index (κ3) is 5.38. The SMILES string of the molecule is [C-]#[N+]CC1CN(c2nc(O[C@@H]3CCC4(CC4)[C@H]3N(C)C)nc3c2CCN(c2cccc4cccc(Cl)c24)C3)CCN1C(=O)C=C. The van der Waals surface area contributed by atoms with Crippen LogP contribution >= 0.6 is 11.6 Å². The molecule has 0 bridgehead atoms. The quantitative estimate of drug-likeness (QED) is 0.263. The van der Waals surface area contributed by atoms with Crippen LogP contribution in [-0.2, 0) is 17.8 Å². The highest BCUT2D eigenvalue weighted by Crippen LogP contribution is 2.59. The van der Waals surface area contributed by atoms with E-state index in [1.807, 2.05) is 12.1 Å². The zero-order valence-electron chi connectivity index (χ0n) is 26.1. The van der Waals surface area contributed by atoms with Gasteiger partial charge in [0.15, 0.2) is 0 Å². The van der Waals surface area contributed by atoms with Gasteiger partial charge in [-0.1, -0.05) is 42.4 Å². The van der Waals surface area contributed by atoms with Gasteiger partial charge >= 0.3 is 6.01 Å². The van der Waals surface area contributed by atoms with Crippen LogP contribution in [0.4, 0.5) is 11.5 Å². The number of piperazine rings is 1. The minimum atomic E-state index is -0.239. The highest BCUT2D eigenvalue weighted by molar-refractivity contribution is 6.36. The van der Waals surface area contributed by atoms with Gasteiger partial charge in [0.2, 0.25) is 12.5 Å². The van der Waals surface area contributed by atoms with E-state index in [2.05, 4.69) is 64.5 Å². The number of halogens is 1. The Bertz CT molecular complexity index is 1680. The average Bonchev–Trinajstić information content (AvgIpc) is 3.73. The maximum atomic E-state index is 12.6. The number of ether oxygens (including phenoxy) is 1. The molecule has 3 heterocycles. The molecule has 3 atom stereocenters. The van der Waals surface area contributed by atoms with Gasteiger partial charge in [0.25, 0.3) is 0 Å². The number of hydrogen-bond donors (Lipinski definition) is 0. The molecule has 0 radical (unpaired) electrons. The molecule has 1 unspecified atom stereocenters. The molecule has 0 N–H and O–H groups in total. The Labute approximate surface area is 270 Å². The van der Waals surface area contributed by atoms with Gasteiger partial charge < -0.3 is 29.2 Å². The van der Waals surface area contributed by atoms with E-state index >= 15 is 0 Å². The Hall–Kier alpha value is -3.87. The Balaban J connectivity index is 1.25. The van der Waals surface area contributed by atoms with E-state index in [-0.39, 0.29) is 24.6 Å². The summed E-state index contributed by atoms with van der Waals surface area (Å²) in [4.78, 5) is 35.2. The van der Waals surface area contributed by atoms with Gasteiger partial charge in [-0.3, -0.25) is 4.79 Å². The highest BCUT2D eigenvalue weighted by atomic mass is 35.5. The molecule has 1 amide bonds. The molecule has 234 valence electrons. The summed E-state index contributed by atoms with van der Waals surface area (Å²) in [6, 6.07) is 12.9. The number of amides is 1. The van der Waals surface area contributed by atoms with Crippen molar-refractivity contribution in [2.75, 3.05) is 56.6 Å². The van der Waals surface area contributed by atoms with E-state index < -0.39 is 0 Å². The van der Waals surface area contributed by atoms with Crippen LogP contribution in [0.1, 0.15) is 36.9 Å². The van der Waals surface area contributed by atoms with Crippen LogP contribution in [0.3, 0.4) is 0 Å². The molecular weight excluding hydrogens is 586 g/mol. The summed E-state index contributed by atoms with van der Waals surface area (Å²) >= 11 is 6.74. The third-order valence-corrected chi connectivity index (χ3v) is 10.7. The lowest BCUT2D eigenvalue weighted by Gasteiger charge is -2.41. The summed E-state index contributed by atoms with van der Waals surface area (Å²) in [5.41, 5.74) is 3.52. The fourth-order valence-corrected chi connectivity index (χ4v) is 8.42. The van der Waals surface area contributed by atoms with Crippen LogP contribution in [-0.4, -0.2) is 90.7 Å². The highest BCUT2D eigenvalue weighted by Gasteiger charge is 2.58. The summed E-state index contributed by atoms with van der Waals surface area (Å²) in [5.74, 6) is 0.734. The summed E-state index contributed by atoms with van der Waals surface area (Å²) in [7, 11) is 4.31. The van der Waals surface area contributed by atoms with Crippen molar-refractivity contribution in [3.8, 4) is 6.01 Å². The Morgan fingerprint density at radius 1 is 1.16 bits per heavy atom. The Morgan fingerprint density at radius 3 is 2.69 bits per heavy atom. The molecule has 3 fully saturated rings. The number of benzene rings is 2. The smallest absolute Gasteiger partial charge is 0.319 e. The molecule has 1 aromatic heterocycles. The largest absolute Gasteiger partial charge is 0.458 e. The zero-order chi connectivity index (χ0) is 31.3. The second-order valence-corrected chi connectivity index (χ2v) is 13.6. The van der Waals surface area contributed by atoms with Crippen LogP contribution < -0.4 is 14.5 Å². The van der Waals surface area contributed by atoms with Crippen molar-refractivity contribution in [2.24, 2.45) is 5.41 Å². The first kappa shape index (κ1) is 29.8. The van der Waals surface area contributed by atoms with Crippen molar-refractivity contribution in [3.63, 3.8) is 0 Å². The molecule has 9 nitrogen and oxygen atoms in total. The minimum Gasteiger partial charge on any atom is -0.458 e. The van der Waals surface area contributed by atoms with Gasteiger partial charge in [-0.05, 0) is 75.2 Å². The fourth-order valence-electron chi connectivity index (χ4n) is 8.14. The minimum absolute atomic E-state index is 0.0295. The molecule has 4 aliphatic rings. The lowest BCUT2D eigenvalue weighted by Crippen LogP contribution is -2.56. The van der Waals surface area contributed by atoms with Crippen molar-refractivity contribution < 1.29 is 9.53 Å². The van der Waals surface area contributed by atoms with Crippen LogP contribution in [0.5, 0.6) is 6.01 Å². The average molecular weight is 626 g/mol. The predicted molar refractivity (Wildman–Crippen MR) is 178 cm³/mol. The number of aromatic nitrogens is 2. The van der Waals surface area contributed by atoms with Gasteiger partial charge in [-0.15, -0.1) is 0 Å². The van der Waals surface area contributed by atoms with Gasteiger partial charge in [-0.2, -0.15) is 9.97 Å². The zero-order valence-corrected chi connectivity index (χ0v) is 26.8. The molecule has 2 aromatic carbocycles. The Morgan fingerprint density at radius 2 is 1.96 bits per heavy atom. The van der Waals surface area contributed by atoms with Crippen molar-refractivity contribution in [3.05, 3.63) is 76.8 Å². The summed E-state index contributed by atoms with van der Waals surface area (Å²) < 4.78 is 6.75. The number of anilines is 2. The maximum absolute atomic E-state index is 12.6. The summed E-state index contributed by atoms with van der Waals surface area (Å²) in [6.45, 7) is 14.5. The van der Waals surface area contributed by atoms with Crippen molar-refractivity contribution >= 4 is 39.8 Å². The van der Waals surface area contributed by atoms with Crippen LogP contribution in [0.15, 0.2) is 49.1 Å². The number of nitrogens with zero attached hydrogens (tertiary/aromatic N) is 7. The van der Waals surface area contributed by atoms with Crippen molar-refractivity contribution in [1.82, 2.24) is 19.8 Å². The van der Waals surface area contributed by atoms with Crippen LogP contribution in [0.2, 0.25) is 5.02 Å². The number of carbonyl (C=O) groups is 1. The van der Waals surface area contributed by atoms with Crippen molar-refractivity contribution in [2.45, 2.75) is 56.8 Å². The van der Waals surface area contributed by atoms with E-state index in [4.69, 9.17) is 32.9 Å². The maximum Gasteiger partial charge on any atom is 0.319 e. The van der Waals surface area contributed by atoms with Gasteiger partial charge in [-0.25, -0.2) is 6.57 Å². The predicted octanol–water partition coefficient (Wildman–Crippen LogP) is 5.22. The topological polar surface area (TPSA) is 69.4 Å². The van der Waals surface area contributed by atoms with Gasteiger partial charge in [0.05, 0.1) is 23.3 Å². The van der Waals surface area contributed by atoms with Gasteiger partial charge in [0.1, 0.15) is 18.0 Å². The van der Waals surface area contributed by atoms with Crippen LogP contribution in [0.25, 0.3) is 15.6 Å². The number of hydrogen-bond acceptors (Lipinski definition) is 7. The molecule has 1 spiro atoms. The summed E-state index contributed by atoms with van der Waals surface area (Å²) in [6.07, 6.45) is 6.81. The fraction of sp³-hybridized carbons (Fsp3) is 0.486. The lowest BCUT2D eigenvalue weighted by atomic mass is 9.99. The first-order chi connectivity index (χ1) is 21.8. The molecule has 10 heteroatoms. The first-order valence-corrected chi connectivity index (χ1v) is 16.4. The second-order valence-electron chi connectivity index (χ2n) is 13.2. The van der Waals surface area contributed by atoms with E-state index in [0.29, 0.717) is 43.6 Å². The number of carbonyl (C=O) groups excluding carboxylic acids is 1. The summed E-state index contributed by atoms with van der Waals surface area (Å²) in [5, 5.41) is 2.90. The molecule has 1 saturated heterocycles. The Kier molecular flexibility index (Phi) is 7.83. The monoisotopic (exact) mass is 625 g/mol. The normalized spacial score (nSPS) is 23.7. The molecular formula is C35H40ClN7O2. The molecule has 3 aromatic rings. The van der Waals surface area contributed by atoms with E-state index in [9.17, 15) is 4.79 Å². The molecule has 7 rings (SSSR count). The van der Waals surface area contributed by atoms with Gasteiger partial charge in [0, 0.05) is 42.8 Å². The van der Waals surface area contributed by atoms with E-state index in [1.165, 1.54) is 25.3 Å². The molecule has 2 aliphatic carbocycles. The lowest BCUT2D eigenvalue weighted by molar-refractivity contribution is -0.128. The third-order valence-electron chi connectivity index (χ3n) is 10.3. The second kappa shape index (κ2) is 11.8. The van der Waals surface area contributed by atoms with E-state index in [0.717, 1.165) is 57.9 Å². The van der Waals surface area contributed by atoms with Crippen molar-refractivity contribution in [1.29, 1.82) is 0 Å².